The highest BCUT2D eigenvalue weighted by molar-refractivity contribution is 5.76. The topological polar surface area (TPSA) is 62.2 Å². The van der Waals surface area contributed by atoms with Crippen LogP contribution in [-0.2, 0) is 4.79 Å². The average molecular weight is 222 g/mol. The minimum absolute atomic E-state index is 0.332. The number of carboxylic acids is 1. The van der Waals surface area contributed by atoms with Crippen LogP contribution in [0.1, 0.15) is 25.8 Å². The number of pyridine rings is 1. The van der Waals surface area contributed by atoms with Crippen LogP contribution in [0, 0.1) is 12.8 Å². The molecule has 88 valence electrons. The molecule has 16 heavy (non-hydrogen) atoms. The van der Waals surface area contributed by atoms with Crippen molar-refractivity contribution in [2.75, 3.05) is 5.32 Å². The molecule has 0 radical (unpaired) electrons. The molecule has 1 aromatic rings. The fourth-order valence-corrected chi connectivity index (χ4v) is 1.49. The third-order valence-electron chi connectivity index (χ3n) is 2.24. The Morgan fingerprint density at radius 1 is 1.56 bits per heavy atom. The number of hydrogen-bond acceptors (Lipinski definition) is 3. The lowest BCUT2D eigenvalue weighted by atomic mass is 10.0. The van der Waals surface area contributed by atoms with Gasteiger partial charge in [0.2, 0.25) is 0 Å². The third kappa shape index (κ3) is 3.88. The van der Waals surface area contributed by atoms with Crippen molar-refractivity contribution in [1.82, 2.24) is 4.98 Å². The summed E-state index contributed by atoms with van der Waals surface area (Å²) in [4.78, 5) is 15.1. The van der Waals surface area contributed by atoms with Gasteiger partial charge in [-0.25, -0.2) is 9.78 Å². The molecule has 0 aliphatic heterocycles. The van der Waals surface area contributed by atoms with Gasteiger partial charge in [-0.05, 0) is 37.0 Å². The molecule has 1 atom stereocenters. The summed E-state index contributed by atoms with van der Waals surface area (Å²) in [6.07, 6.45) is 2.26. The van der Waals surface area contributed by atoms with Gasteiger partial charge < -0.3 is 10.4 Å². The van der Waals surface area contributed by atoms with Crippen LogP contribution in [0.25, 0.3) is 0 Å². The Morgan fingerprint density at radius 2 is 2.25 bits per heavy atom. The van der Waals surface area contributed by atoms with E-state index in [1.807, 2.05) is 32.9 Å². The predicted octanol–water partition coefficient (Wildman–Crippen LogP) is 2.30. The average Bonchev–Trinajstić information content (AvgIpc) is 2.15. The van der Waals surface area contributed by atoms with E-state index in [9.17, 15) is 4.79 Å². The van der Waals surface area contributed by atoms with E-state index in [1.165, 1.54) is 0 Å². The first-order valence-corrected chi connectivity index (χ1v) is 5.41. The first kappa shape index (κ1) is 12.5. The van der Waals surface area contributed by atoms with Gasteiger partial charge in [0.15, 0.2) is 0 Å². The standard InChI is InChI=1S/C12H18N2O2/c1-8(2)6-10(12(15)16)14-11-7-9(3)4-5-13-11/h4-5,7-8,10H,6H2,1-3H3,(H,13,14)(H,15,16)/t10-/m0/s1. The van der Waals surface area contributed by atoms with Crippen LogP contribution < -0.4 is 5.32 Å². The molecular weight excluding hydrogens is 204 g/mol. The number of nitrogens with one attached hydrogen (secondary N) is 1. The van der Waals surface area contributed by atoms with E-state index < -0.39 is 12.0 Å². The first-order chi connectivity index (χ1) is 7.49. The molecule has 0 fully saturated rings. The number of carboxylic acid groups (broad SMARTS) is 1. The number of aliphatic carboxylic acids is 1. The van der Waals surface area contributed by atoms with Crippen LogP contribution in [0.5, 0.6) is 0 Å². The number of anilines is 1. The molecule has 4 nitrogen and oxygen atoms in total. The molecular formula is C12H18N2O2. The van der Waals surface area contributed by atoms with Crippen molar-refractivity contribution in [1.29, 1.82) is 0 Å². The summed E-state index contributed by atoms with van der Waals surface area (Å²) >= 11 is 0. The number of nitrogens with zero attached hydrogens (tertiary/aromatic N) is 1. The van der Waals surface area contributed by atoms with Crippen LogP contribution in [0.4, 0.5) is 5.82 Å². The highest BCUT2D eigenvalue weighted by atomic mass is 16.4. The number of rotatable bonds is 5. The van der Waals surface area contributed by atoms with E-state index >= 15 is 0 Å². The van der Waals surface area contributed by atoms with Crippen LogP contribution in [0.2, 0.25) is 0 Å². The number of aromatic nitrogens is 1. The highest BCUT2D eigenvalue weighted by Gasteiger charge is 2.18. The first-order valence-electron chi connectivity index (χ1n) is 5.41. The van der Waals surface area contributed by atoms with Crippen LogP contribution in [0.15, 0.2) is 18.3 Å². The quantitative estimate of drug-likeness (QED) is 0.802. The second-order valence-corrected chi connectivity index (χ2v) is 4.38. The summed E-state index contributed by atoms with van der Waals surface area (Å²) in [5, 5.41) is 12.0. The molecule has 0 bridgehead atoms. The largest absolute Gasteiger partial charge is 0.480 e. The Balaban J connectivity index is 2.71. The molecule has 0 spiro atoms. The van der Waals surface area contributed by atoms with Crippen molar-refractivity contribution in [2.45, 2.75) is 33.2 Å². The Labute approximate surface area is 95.7 Å². The summed E-state index contributed by atoms with van der Waals surface area (Å²) in [7, 11) is 0. The van der Waals surface area contributed by atoms with Crippen molar-refractivity contribution < 1.29 is 9.90 Å². The Bertz CT molecular complexity index is 364. The summed E-state index contributed by atoms with van der Waals surface area (Å²) in [6, 6.07) is 3.15. The maximum absolute atomic E-state index is 11.0. The van der Waals surface area contributed by atoms with Crippen LogP contribution in [0.3, 0.4) is 0 Å². The molecule has 1 rings (SSSR count). The fourth-order valence-electron chi connectivity index (χ4n) is 1.49. The molecule has 0 amide bonds. The highest BCUT2D eigenvalue weighted by Crippen LogP contribution is 2.12. The lowest BCUT2D eigenvalue weighted by Gasteiger charge is -2.17. The molecule has 1 aromatic heterocycles. The van der Waals surface area contributed by atoms with E-state index in [-0.39, 0.29) is 0 Å². The second kappa shape index (κ2) is 5.49. The summed E-state index contributed by atoms with van der Waals surface area (Å²) in [5.74, 6) is 0.114. The van der Waals surface area contributed by atoms with Gasteiger partial charge in [-0.1, -0.05) is 13.8 Å². The molecule has 0 saturated carbocycles. The van der Waals surface area contributed by atoms with Gasteiger partial charge in [0.1, 0.15) is 11.9 Å². The molecule has 2 N–H and O–H groups in total. The monoisotopic (exact) mass is 222 g/mol. The van der Waals surface area contributed by atoms with Gasteiger partial charge >= 0.3 is 5.97 Å². The van der Waals surface area contributed by atoms with Crippen LogP contribution in [-0.4, -0.2) is 22.1 Å². The molecule has 0 saturated heterocycles. The van der Waals surface area contributed by atoms with E-state index in [0.29, 0.717) is 18.2 Å². The van der Waals surface area contributed by atoms with Gasteiger partial charge in [-0.15, -0.1) is 0 Å². The van der Waals surface area contributed by atoms with E-state index in [0.717, 1.165) is 5.56 Å². The van der Waals surface area contributed by atoms with E-state index in [2.05, 4.69) is 10.3 Å². The van der Waals surface area contributed by atoms with E-state index in [1.54, 1.807) is 6.20 Å². The van der Waals surface area contributed by atoms with Gasteiger partial charge in [0.25, 0.3) is 0 Å². The van der Waals surface area contributed by atoms with Crippen molar-refractivity contribution >= 4 is 11.8 Å². The molecule has 0 aliphatic rings. The maximum Gasteiger partial charge on any atom is 0.326 e. The summed E-state index contributed by atoms with van der Waals surface area (Å²) in [6.45, 7) is 5.95. The van der Waals surface area contributed by atoms with Gasteiger partial charge in [0, 0.05) is 6.20 Å². The van der Waals surface area contributed by atoms with E-state index in [4.69, 9.17) is 5.11 Å². The number of hydrogen-bond donors (Lipinski definition) is 2. The maximum atomic E-state index is 11.0. The van der Waals surface area contributed by atoms with Gasteiger partial charge in [-0.2, -0.15) is 0 Å². The molecule has 1 heterocycles. The zero-order chi connectivity index (χ0) is 12.1. The Kier molecular flexibility index (Phi) is 4.28. The van der Waals surface area contributed by atoms with Crippen molar-refractivity contribution in [3.05, 3.63) is 23.9 Å². The van der Waals surface area contributed by atoms with Crippen molar-refractivity contribution in [2.24, 2.45) is 5.92 Å². The SMILES string of the molecule is Cc1ccnc(N[C@@H](CC(C)C)C(=O)O)c1. The molecule has 0 aromatic carbocycles. The minimum Gasteiger partial charge on any atom is -0.480 e. The summed E-state index contributed by atoms with van der Waals surface area (Å²) < 4.78 is 0. The van der Waals surface area contributed by atoms with Gasteiger partial charge in [-0.3, -0.25) is 0 Å². The van der Waals surface area contributed by atoms with Crippen molar-refractivity contribution in [3.8, 4) is 0 Å². The predicted molar refractivity (Wildman–Crippen MR) is 63.5 cm³/mol. The zero-order valence-electron chi connectivity index (χ0n) is 9.90. The minimum atomic E-state index is -0.836. The molecule has 4 heteroatoms. The lowest BCUT2D eigenvalue weighted by molar-refractivity contribution is -0.138. The fraction of sp³-hybridized carbons (Fsp3) is 0.500. The van der Waals surface area contributed by atoms with Crippen molar-refractivity contribution in [3.63, 3.8) is 0 Å². The second-order valence-electron chi connectivity index (χ2n) is 4.38. The third-order valence-corrected chi connectivity index (χ3v) is 2.24. The van der Waals surface area contributed by atoms with Crippen LogP contribution >= 0.6 is 0 Å². The van der Waals surface area contributed by atoms with Gasteiger partial charge in [0.05, 0.1) is 0 Å². The zero-order valence-corrected chi connectivity index (χ0v) is 9.90. The Hall–Kier alpha value is -1.58. The molecule has 0 aliphatic carbocycles. The summed E-state index contributed by atoms with van der Waals surface area (Å²) in [5.41, 5.74) is 1.06. The smallest absolute Gasteiger partial charge is 0.326 e. The lowest BCUT2D eigenvalue weighted by Crippen LogP contribution is -2.31. The number of carbonyl (C=O) groups is 1. The Morgan fingerprint density at radius 3 is 2.75 bits per heavy atom. The number of aryl methyl sites for hydroxylation is 1. The normalized spacial score (nSPS) is 12.5. The molecule has 0 unspecified atom stereocenters.